The smallest absolute Gasteiger partial charge is 0.224 e. The molecule has 0 bridgehead atoms. The van der Waals surface area contributed by atoms with Gasteiger partial charge in [0.1, 0.15) is 5.02 Å². The van der Waals surface area contributed by atoms with E-state index in [-0.39, 0.29) is 12.6 Å². The molecule has 1 aromatic heterocycles. The molecule has 1 aromatic rings. The third kappa shape index (κ3) is 2.96. The average molecular weight is 245 g/mol. The molecule has 1 unspecified atom stereocenters. The zero-order valence-electron chi connectivity index (χ0n) is 9.74. The summed E-state index contributed by atoms with van der Waals surface area (Å²) < 4.78 is 0. The molecule has 1 heterocycles. The van der Waals surface area contributed by atoms with Crippen molar-refractivity contribution < 1.29 is 5.11 Å². The van der Waals surface area contributed by atoms with Crippen molar-refractivity contribution in [2.45, 2.75) is 19.9 Å². The quantitative estimate of drug-likeness (QED) is 0.820. The van der Waals surface area contributed by atoms with Gasteiger partial charge in [-0.1, -0.05) is 11.6 Å². The number of aliphatic hydroxyl groups excluding tert-OH is 1. The number of nitrogens with zero attached hydrogens (tertiary/aromatic N) is 3. The minimum atomic E-state index is -0.0399. The van der Waals surface area contributed by atoms with Crippen LogP contribution < -0.4 is 10.2 Å². The van der Waals surface area contributed by atoms with Gasteiger partial charge in [0.05, 0.1) is 18.8 Å². The van der Waals surface area contributed by atoms with Crippen LogP contribution in [0.5, 0.6) is 0 Å². The summed E-state index contributed by atoms with van der Waals surface area (Å²) in [6.07, 6.45) is 1.56. The summed E-state index contributed by atoms with van der Waals surface area (Å²) in [6.45, 7) is 4.66. The summed E-state index contributed by atoms with van der Waals surface area (Å²) in [5.41, 5.74) is 0. The third-order valence-corrected chi connectivity index (χ3v) is 2.59. The van der Waals surface area contributed by atoms with E-state index in [0.29, 0.717) is 16.8 Å². The van der Waals surface area contributed by atoms with E-state index in [9.17, 15) is 0 Å². The first kappa shape index (κ1) is 13.0. The summed E-state index contributed by atoms with van der Waals surface area (Å²) in [4.78, 5) is 10.2. The lowest BCUT2D eigenvalue weighted by Gasteiger charge is -2.25. The predicted octanol–water partition coefficient (Wildman–Crippen LogP) is 1.38. The SMILES string of the molecule is CCNc1ncc(Cl)c(N(C)C(C)CO)n1. The molecule has 1 atom stereocenters. The van der Waals surface area contributed by atoms with Crippen molar-refractivity contribution in [2.75, 3.05) is 30.4 Å². The van der Waals surface area contributed by atoms with Crippen LogP contribution in [-0.4, -0.2) is 41.3 Å². The number of halogens is 1. The van der Waals surface area contributed by atoms with Crippen molar-refractivity contribution in [1.82, 2.24) is 9.97 Å². The Labute approximate surface area is 100 Å². The third-order valence-electron chi connectivity index (χ3n) is 2.32. The summed E-state index contributed by atoms with van der Waals surface area (Å²) >= 11 is 6.02. The Morgan fingerprint density at radius 3 is 2.88 bits per heavy atom. The number of likely N-dealkylation sites (N-methyl/N-ethyl adjacent to an activating group) is 1. The first-order valence-electron chi connectivity index (χ1n) is 5.20. The van der Waals surface area contributed by atoms with Crippen molar-refractivity contribution in [3.8, 4) is 0 Å². The number of hydrogen-bond acceptors (Lipinski definition) is 5. The first-order valence-corrected chi connectivity index (χ1v) is 5.58. The van der Waals surface area contributed by atoms with E-state index in [1.54, 1.807) is 6.20 Å². The molecular weight excluding hydrogens is 228 g/mol. The Morgan fingerprint density at radius 1 is 1.62 bits per heavy atom. The van der Waals surface area contributed by atoms with Crippen LogP contribution in [0.15, 0.2) is 6.20 Å². The minimum absolute atomic E-state index is 0.0399. The van der Waals surface area contributed by atoms with E-state index in [4.69, 9.17) is 16.7 Å². The molecule has 0 aromatic carbocycles. The van der Waals surface area contributed by atoms with Gasteiger partial charge in [-0.05, 0) is 13.8 Å². The van der Waals surface area contributed by atoms with E-state index in [1.807, 2.05) is 25.8 Å². The van der Waals surface area contributed by atoms with E-state index in [0.717, 1.165) is 6.54 Å². The predicted molar refractivity (Wildman–Crippen MR) is 66.2 cm³/mol. The highest BCUT2D eigenvalue weighted by molar-refractivity contribution is 6.32. The van der Waals surface area contributed by atoms with Gasteiger partial charge in [-0.3, -0.25) is 0 Å². The molecular formula is C10H17ClN4O. The molecule has 1 rings (SSSR count). The second kappa shape index (κ2) is 5.86. The van der Waals surface area contributed by atoms with Crippen molar-refractivity contribution in [3.63, 3.8) is 0 Å². The van der Waals surface area contributed by atoms with Crippen LogP contribution in [0.3, 0.4) is 0 Å². The average Bonchev–Trinajstić information content (AvgIpc) is 2.30. The fourth-order valence-corrected chi connectivity index (χ4v) is 1.40. The normalized spacial score (nSPS) is 12.3. The van der Waals surface area contributed by atoms with Gasteiger partial charge in [0.25, 0.3) is 0 Å². The van der Waals surface area contributed by atoms with Crippen LogP contribution in [0.1, 0.15) is 13.8 Å². The summed E-state index contributed by atoms with van der Waals surface area (Å²) in [7, 11) is 1.84. The zero-order chi connectivity index (χ0) is 12.1. The Balaban J connectivity index is 2.96. The molecule has 0 saturated heterocycles. The Morgan fingerprint density at radius 2 is 2.31 bits per heavy atom. The first-order chi connectivity index (χ1) is 7.60. The fourth-order valence-electron chi connectivity index (χ4n) is 1.18. The van der Waals surface area contributed by atoms with Crippen LogP contribution in [0.4, 0.5) is 11.8 Å². The van der Waals surface area contributed by atoms with E-state index in [1.165, 1.54) is 0 Å². The molecule has 0 fully saturated rings. The van der Waals surface area contributed by atoms with Gasteiger partial charge in [0, 0.05) is 13.6 Å². The topological polar surface area (TPSA) is 61.3 Å². The van der Waals surface area contributed by atoms with Gasteiger partial charge in [0.2, 0.25) is 5.95 Å². The molecule has 0 spiro atoms. The van der Waals surface area contributed by atoms with Gasteiger partial charge in [-0.2, -0.15) is 4.98 Å². The van der Waals surface area contributed by atoms with Gasteiger partial charge in [-0.25, -0.2) is 4.98 Å². The second-order valence-corrected chi connectivity index (χ2v) is 3.95. The lowest BCUT2D eigenvalue weighted by Crippen LogP contribution is -2.32. The van der Waals surface area contributed by atoms with E-state index in [2.05, 4.69) is 15.3 Å². The molecule has 5 nitrogen and oxygen atoms in total. The van der Waals surface area contributed by atoms with Crippen LogP contribution >= 0.6 is 11.6 Å². The molecule has 0 aliphatic heterocycles. The molecule has 16 heavy (non-hydrogen) atoms. The Bertz CT molecular complexity index is 348. The number of hydrogen-bond donors (Lipinski definition) is 2. The molecule has 2 N–H and O–H groups in total. The molecule has 0 saturated carbocycles. The van der Waals surface area contributed by atoms with Crippen LogP contribution in [0, 0.1) is 0 Å². The largest absolute Gasteiger partial charge is 0.394 e. The van der Waals surface area contributed by atoms with Gasteiger partial charge in [0.15, 0.2) is 5.82 Å². The highest BCUT2D eigenvalue weighted by Crippen LogP contribution is 2.23. The van der Waals surface area contributed by atoms with Crippen molar-refractivity contribution >= 4 is 23.4 Å². The Kier molecular flexibility index (Phi) is 4.76. The van der Waals surface area contributed by atoms with Crippen molar-refractivity contribution in [2.24, 2.45) is 0 Å². The summed E-state index contributed by atoms with van der Waals surface area (Å²) in [6, 6.07) is -0.0399. The minimum Gasteiger partial charge on any atom is -0.394 e. The molecule has 6 heteroatoms. The summed E-state index contributed by atoms with van der Waals surface area (Å²) in [5, 5.41) is 12.6. The maximum Gasteiger partial charge on any atom is 0.224 e. The lowest BCUT2D eigenvalue weighted by molar-refractivity contribution is 0.270. The standard InChI is InChI=1S/C10H17ClN4O/c1-4-12-10-13-5-8(11)9(14-10)15(3)7(2)6-16/h5,7,16H,4,6H2,1-3H3,(H,12,13,14). The molecule has 90 valence electrons. The van der Waals surface area contributed by atoms with Crippen LogP contribution in [0.25, 0.3) is 0 Å². The second-order valence-electron chi connectivity index (χ2n) is 3.54. The number of rotatable bonds is 5. The highest BCUT2D eigenvalue weighted by Gasteiger charge is 2.14. The van der Waals surface area contributed by atoms with Crippen molar-refractivity contribution in [3.05, 3.63) is 11.2 Å². The maximum absolute atomic E-state index is 9.09. The molecule has 0 aliphatic carbocycles. The van der Waals surface area contributed by atoms with Crippen LogP contribution in [0.2, 0.25) is 5.02 Å². The monoisotopic (exact) mass is 244 g/mol. The summed E-state index contributed by atoms with van der Waals surface area (Å²) in [5.74, 6) is 1.16. The number of anilines is 2. The van der Waals surface area contributed by atoms with Gasteiger partial charge in [-0.15, -0.1) is 0 Å². The number of aromatic nitrogens is 2. The van der Waals surface area contributed by atoms with Gasteiger partial charge >= 0.3 is 0 Å². The van der Waals surface area contributed by atoms with E-state index >= 15 is 0 Å². The zero-order valence-corrected chi connectivity index (χ0v) is 10.5. The number of nitrogens with one attached hydrogen (secondary N) is 1. The molecule has 0 aliphatic rings. The fraction of sp³-hybridized carbons (Fsp3) is 0.600. The lowest BCUT2D eigenvalue weighted by atomic mass is 10.3. The molecule has 0 amide bonds. The number of aliphatic hydroxyl groups is 1. The van der Waals surface area contributed by atoms with Crippen molar-refractivity contribution in [1.29, 1.82) is 0 Å². The van der Waals surface area contributed by atoms with E-state index < -0.39 is 0 Å². The molecule has 0 radical (unpaired) electrons. The maximum atomic E-state index is 9.09. The van der Waals surface area contributed by atoms with Crippen LogP contribution in [-0.2, 0) is 0 Å². The highest BCUT2D eigenvalue weighted by atomic mass is 35.5. The van der Waals surface area contributed by atoms with Gasteiger partial charge < -0.3 is 15.3 Å². The Hall–Kier alpha value is -1.07.